The van der Waals surface area contributed by atoms with Crippen LogP contribution in [-0.4, -0.2) is 41.9 Å². The summed E-state index contributed by atoms with van der Waals surface area (Å²) < 4.78 is 6.75. The second-order valence-electron chi connectivity index (χ2n) is 7.93. The molecule has 0 aliphatic carbocycles. The summed E-state index contributed by atoms with van der Waals surface area (Å²) in [5, 5.41) is 2.97. The molecule has 1 aliphatic rings. The molecular formula is C24H29BrN2O3. The van der Waals surface area contributed by atoms with E-state index in [1.165, 1.54) is 5.56 Å². The average Bonchev–Trinajstić information content (AvgIpc) is 2.71. The van der Waals surface area contributed by atoms with Gasteiger partial charge in [0.2, 0.25) is 5.91 Å². The Bertz CT molecular complexity index is 859. The number of ether oxygens (including phenoxy) is 1. The first-order chi connectivity index (χ1) is 14.4. The van der Waals surface area contributed by atoms with E-state index < -0.39 is 0 Å². The van der Waals surface area contributed by atoms with Crippen molar-refractivity contribution in [2.75, 3.05) is 13.1 Å². The number of hydrogen-bond acceptors (Lipinski definition) is 4. The summed E-state index contributed by atoms with van der Waals surface area (Å²) in [4.78, 5) is 26.9. The Labute approximate surface area is 186 Å². The number of rotatable bonds is 8. The van der Waals surface area contributed by atoms with Gasteiger partial charge in [-0.15, -0.1) is 0 Å². The van der Waals surface area contributed by atoms with Gasteiger partial charge in [-0.25, -0.2) is 0 Å². The molecule has 2 aromatic rings. The molecule has 160 valence electrons. The SMILES string of the molecule is CC1CN(Cc2ccccc2CNC(=O)CCC(=O)c2ccc(Br)cc2)CC(C)O1. The molecule has 6 heteroatoms. The van der Waals surface area contributed by atoms with Crippen LogP contribution in [0.15, 0.2) is 53.0 Å². The van der Waals surface area contributed by atoms with Crippen molar-refractivity contribution in [3.63, 3.8) is 0 Å². The number of ketones is 1. The quantitative estimate of drug-likeness (QED) is 0.580. The first kappa shape index (κ1) is 22.7. The molecule has 1 amide bonds. The smallest absolute Gasteiger partial charge is 0.220 e. The summed E-state index contributed by atoms with van der Waals surface area (Å²) in [6.07, 6.45) is 0.849. The number of carbonyl (C=O) groups excluding carboxylic acids is 2. The van der Waals surface area contributed by atoms with E-state index in [2.05, 4.69) is 52.1 Å². The molecule has 3 rings (SSSR count). The Morgan fingerprint density at radius 1 is 1.00 bits per heavy atom. The van der Waals surface area contributed by atoms with Gasteiger partial charge in [-0.05, 0) is 37.1 Å². The molecule has 0 spiro atoms. The van der Waals surface area contributed by atoms with Gasteiger partial charge in [-0.1, -0.05) is 52.3 Å². The molecule has 0 bridgehead atoms. The van der Waals surface area contributed by atoms with Gasteiger partial charge in [0, 0.05) is 49.1 Å². The Morgan fingerprint density at radius 2 is 1.63 bits per heavy atom. The highest BCUT2D eigenvalue weighted by molar-refractivity contribution is 9.10. The van der Waals surface area contributed by atoms with Crippen LogP contribution in [0, 0.1) is 0 Å². The minimum absolute atomic E-state index is 0.0198. The lowest BCUT2D eigenvalue weighted by Crippen LogP contribution is -2.45. The minimum Gasteiger partial charge on any atom is -0.373 e. The maximum absolute atomic E-state index is 12.3. The first-order valence-electron chi connectivity index (χ1n) is 10.4. The van der Waals surface area contributed by atoms with E-state index in [9.17, 15) is 9.59 Å². The fourth-order valence-corrected chi connectivity index (χ4v) is 4.09. The average molecular weight is 473 g/mol. The first-order valence-corrected chi connectivity index (χ1v) is 11.2. The van der Waals surface area contributed by atoms with Crippen molar-refractivity contribution in [3.05, 3.63) is 69.7 Å². The van der Waals surface area contributed by atoms with Crippen molar-refractivity contribution in [2.45, 2.75) is 52.0 Å². The van der Waals surface area contributed by atoms with Gasteiger partial charge in [0.15, 0.2) is 5.78 Å². The van der Waals surface area contributed by atoms with Crippen LogP contribution in [0.3, 0.4) is 0 Å². The zero-order valence-electron chi connectivity index (χ0n) is 17.6. The third-order valence-electron chi connectivity index (χ3n) is 5.23. The lowest BCUT2D eigenvalue weighted by atomic mass is 10.1. The summed E-state index contributed by atoms with van der Waals surface area (Å²) in [5.41, 5.74) is 2.95. The molecule has 5 nitrogen and oxygen atoms in total. The number of morpholine rings is 1. The molecule has 1 N–H and O–H groups in total. The van der Waals surface area contributed by atoms with Gasteiger partial charge >= 0.3 is 0 Å². The van der Waals surface area contributed by atoms with Gasteiger partial charge in [0.1, 0.15) is 0 Å². The summed E-state index contributed by atoms with van der Waals surface area (Å²) in [6.45, 7) is 7.32. The van der Waals surface area contributed by atoms with Crippen LogP contribution in [0.5, 0.6) is 0 Å². The largest absolute Gasteiger partial charge is 0.373 e. The van der Waals surface area contributed by atoms with Crippen LogP contribution in [0.1, 0.15) is 48.2 Å². The Balaban J connectivity index is 1.50. The third-order valence-corrected chi connectivity index (χ3v) is 5.76. The van der Waals surface area contributed by atoms with Gasteiger partial charge < -0.3 is 10.1 Å². The number of halogens is 1. The predicted molar refractivity (Wildman–Crippen MR) is 121 cm³/mol. The van der Waals surface area contributed by atoms with Gasteiger partial charge in [-0.3, -0.25) is 14.5 Å². The molecule has 2 unspecified atom stereocenters. The van der Waals surface area contributed by atoms with Crippen LogP contribution in [0.25, 0.3) is 0 Å². The maximum atomic E-state index is 12.3. The fraction of sp³-hybridized carbons (Fsp3) is 0.417. The van der Waals surface area contributed by atoms with E-state index >= 15 is 0 Å². The van der Waals surface area contributed by atoms with E-state index in [-0.39, 0.29) is 36.7 Å². The molecule has 1 heterocycles. The highest BCUT2D eigenvalue weighted by Gasteiger charge is 2.22. The van der Waals surface area contributed by atoms with Crippen molar-refractivity contribution < 1.29 is 14.3 Å². The lowest BCUT2D eigenvalue weighted by Gasteiger charge is -2.35. The fourth-order valence-electron chi connectivity index (χ4n) is 3.83. The van der Waals surface area contributed by atoms with Crippen molar-refractivity contribution >= 4 is 27.6 Å². The number of amides is 1. The van der Waals surface area contributed by atoms with Crippen LogP contribution in [0.2, 0.25) is 0 Å². The molecule has 2 aromatic carbocycles. The molecule has 0 aromatic heterocycles. The van der Waals surface area contributed by atoms with E-state index in [0.717, 1.165) is 29.7 Å². The lowest BCUT2D eigenvalue weighted by molar-refractivity contribution is -0.121. The molecule has 1 saturated heterocycles. The van der Waals surface area contributed by atoms with Crippen LogP contribution < -0.4 is 5.32 Å². The summed E-state index contributed by atoms with van der Waals surface area (Å²) in [6, 6.07) is 15.4. The predicted octanol–water partition coefficient (Wildman–Crippen LogP) is 4.34. The van der Waals surface area contributed by atoms with E-state index in [4.69, 9.17) is 4.74 Å². The van der Waals surface area contributed by atoms with Gasteiger partial charge in [0.05, 0.1) is 12.2 Å². The number of hydrogen-bond donors (Lipinski definition) is 1. The summed E-state index contributed by atoms with van der Waals surface area (Å²) >= 11 is 3.36. The monoisotopic (exact) mass is 472 g/mol. The molecule has 1 fully saturated rings. The number of Topliss-reactive ketones (excluding diaryl/α,β-unsaturated/α-hetero) is 1. The maximum Gasteiger partial charge on any atom is 0.220 e. The molecular weight excluding hydrogens is 444 g/mol. The van der Waals surface area contributed by atoms with Crippen LogP contribution >= 0.6 is 15.9 Å². The van der Waals surface area contributed by atoms with E-state index in [0.29, 0.717) is 12.1 Å². The molecule has 0 radical (unpaired) electrons. The standard InChI is InChI=1S/C24H29BrN2O3/c1-17-14-27(15-18(2)30-17)16-21-6-4-3-5-20(21)13-26-24(29)12-11-23(28)19-7-9-22(25)10-8-19/h3-10,17-18H,11-16H2,1-2H3,(H,26,29). The summed E-state index contributed by atoms with van der Waals surface area (Å²) in [5.74, 6) is -0.127. The number of nitrogens with zero attached hydrogens (tertiary/aromatic N) is 1. The molecule has 2 atom stereocenters. The van der Waals surface area contributed by atoms with Crippen LogP contribution in [0.4, 0.5) is 0 Å². The van der Waals surface area contributed by atoms with Crippen LogP contribution in [-0.2, 0) is 22.6 Å². The van der Waals surface area contributed by atoms with Gasteiger partial charge in [-0.2, -0.15) is 0 Å². The van der Waals surface area contributed by atoms with Crippen molar-refractivity contribution in [1.82, 2.24) is 10.2 Å². The van der Waals surface area contributed by atoms with Crippen molar-refractivity contribution in [2.24, 2.45) is 0 Å². The number of benzene rings is 2. The van der Waals surface area contributed by atoms with Crippen molar-refractivity contribution in [3.8, 4) is 0 Å². The number of carbonyl (C=O) groups is 2. The zero-order valence-corrected chi connectivity index (χ0v) is 19.2. The Hall–Kier alpha value is -2.02. The Kier molecular flexibility index (Phi) is 8.19. The second kappa shape index (κ2) is 10.8. The van der Waals surface area contributed by atoms with E-state index in [1.807, 2.05) is 24.3 Å². The normalized spacial score (nSPS) is 19.4. The highest BCUT2D eigenvalue weighted by atomic mass is 79.9. The minimum atomic E-state index is -0.108. The van der Waals surface area contributed by atoms with E-state index in [1.54, 1.807) is 12.1 Å². The molecule has 0 saturated carbocycles. The second-order valence-corrected chi connectivity index (χ2v) is 8.84. The van der Waals surface area contributed by atoms with Gasteiger partial charge in [0.25, 0.3) is 0 Å². The summed E-state index contributed by atoms with van der Waals surface area (Å²) in [7, 11) is 0. The Morgan fingerprint density at radius 3 is 2.30 bits per heavy atom. The zero-order chi connectivity index (χ0) is 21.5. The molecule has 1 aliphatic heterocycles. The topological polar surface area (TPSA) is 58.6 Å². The highest BCUT2D eigenvalue weighted by Crippen LogP contribution is 2.17. The van der Waals surface area contributed by atoms with Crippen molar-refractivity contribution in [1.29, 1.82) is 0 Å². The number of nitrogens with one attached hydrogen (secondary N) is 1. The third kappa shape index (κ3) is 6.76. The molecule has 30 heavy (non-hydrogen) atoms.